The largest absolute Gasteiger partial charge is 0.376 e. The van der Waals surface area contributed by atoms with Crippen LogP contribution in [-0.4, -0.2) is 41.7 Å². The van der Waals surface area contributed by atoms with Crippen LogP contribution in [0.3, 0.4) is 0 Å². The molecular weight excluding hydrogens is 246 g/mol. The zero-order chi connectivity index (χ0) is 13.0. The molecule has 2 atom stereocenters. The molecule has 4 nitrogen and oxygen atoms in total. The average molecular weight is 269 g/mol. The van der Waals surface area contributed by atoms with E-state index >= 15 is 0 Å². The van der Waals surface area contributed by atoms with Gasteiger partial charge in [0.15, 0.2) is 0 Å². The fraction of sp³-hybridized carbons (Fsp3) is 0.769. The van der Waals surface area contributed by atoms with Crippen LogP contribution < -0.4 is 5.32 Å². The molecule has 1 aromatic heterocycles. The second kappa shape index (κ2) is 6.61. The van der Waals surface area contributed by atoms with Crippen LogP contribution in [0.1, 0.15) is 31.5 Å². The van der Waals surface area contributed by atoms with E-state index in [0.717, 1.165) is 32.8 Å². The van der Waals surface area contributed by atoms with Crippen molar-refractivity contribution in [1.82, 2.24) is 15.2 Å². The molecule has 18 heavy (non-hydrogen) atoms. The van der Waals surface area contributed by atoms with Crippen LogP contribution in [-0.2, 0) is 17.8 Å². The normalized spacial score (nSPS) is 25.5. The van der Waals surface area contributed by atoms with Gasteiger partial charge >= 0.3 is 0 Å². The second-order valence-corrected chi connectivity index (χ2v) is 5.88. The van der Waals surface area contributed by atoms with Gasteiger partial charge in [0.2, 0.25) is 0 Å². The molecule has 0 aliphatic carbocycles. The molecule has 102 valence electrons. The molecule has 1 N–H and O–H groups in total. The number of rotatable bonds is 5. The third kappa shape index (κ3) is 3.75. The van der Waals surface area contributed by atoms with Gasteiger partial charge in [-0.15, -0.1) is 11.3 Å². The standard InChI is InChI=1S/C13H23N3OS/c1-4-14-5-13-15-12(9-18-13)7-16-6-11(3)17-8-10(16)2/h9-11,14H,4-8H2,1-3H3. The third-order valence-electron chi connectivity index (χ3n) is 3.23. The molecule has 0 bridgehead atoms. The second-order valence-electron chi connectivity index (χ2n) is 4.94. The van der Waals surface area contributed by atoms with E-state index < -0.39 is 0 Å². The number of ether oxygens (including phenoxy) is 1. The number of hydrogen-bond acceptors (Lipinski definition) is 5. The number of thiazole rings is 1. The van der Waals surface area contributed by atoms with Crippen LogP contribution in [0, 0.1) is 0 Å². The Morgan fingerprint density at radius 2 is 2.39 bits per heavy atom. The molecule has 5 heteroatoms. The lowest BCUT2D eigenvalue weighted by Crippen LogP contribution is -2.46. The maximum Gasteiger partial charge on any atom is 0.107 e. The summed E-state index contributed by atoms with van der Waals surface area (Å²) in [5.41, 5.74) is 1.19. The summed E-state index contributed by atoms with van der Waals surface area (Å²) in [6.07, 6.45) is 0.334. The molecular formula is C13H23N3OS. The third-order valence-corrected chi connectivity index (χ3v) is 4.13. The van der Waals surface area contributed by atoms with Crippen molar-refractivity contribution < 1.29 is 4.74 Å². The van der Waals surface area contributed by atoms with Gasteiger partial charge in [-0.25, -0.2) is 4.98 Å². The van der Waals surface area contributed by atoms with E-state index in [1.807, 2.05) is 0 Å². The number of morpholine rings is 1. The molecule has 2 heterocycles. The Morgan fingerprint density at radius 1 is 1.56 bits per heavy atom. The molecule has 1 saturated heterocycles. The fourth-order valence-electron chi connectivity index (χ4n) is 2.13. The molecule has 2 unspecified atom stereocenters. The van der Waals surface area contributed by atoms with Crippen LogP contribution in [0.15, 0.2) is 5.38 Å². The summed E-state index contributed by atoms with van der Waals surface area (Å²) in [4.78, 5) is 7.13. The van der Waals surface area contributed by atoms with E-state index in [4.69, 9.17) is 4.74 Å². The fourth-order valence-corrected chi connectivity index (χ4v) is 2.89. The van der Waals surface area contributed by atoms with Crippen LogP contribution in [0.4, 0.5) is 0 Å². The number of nitrogens with zero attached hydrogens (tertiary/aromatic N) is 2. The van der Waals surface area contributed by atoms with Gasteiger partial charge in [-0.3, -0.25) is 4.90 Å². The smallest absolute Gasteiger partial charge is 0.107 e. The van der Waals surface area contributed by atoms with Gasteiger partial charge in [0.05, 0.1) is 18.4 Å². The minimum atomic E-state index is 0.334. The molecule has 0 amide bonds. The Bertz CT molecular complexity index is 369. The topological polar surface area (TPSA) is 37.4 Å². The van der Waals surface area contributed by atoms with E-state index in [2.05, 4.69) is 41.4 Å². The van der Waals surface area contributed by atoms with Crippen molar-refractivity contribution >= 4 is 11.3 Å². The molecule has 0 aromatic carbocycles. The van der Waals surface area contributed by atoms with E-state index in [-0.39, 0.29) is 0 Å². The molecule has 0 radical (unpaired) electrons. The van der Waals surface area contributed by atoms with E-state index in [9.17, 15) is 0 Å². The first-order valence-electron chi connectivity index (χ1n) is 6.68. The van der Waals surface area contributed by atoms with Crippen molar-refractivity contribution in [2.75, 3.05) is 19.7 Å². The van der Waals surface area contributed by atoms with Crippen LogP contribution in [0.25, 0.3) is 0 Å². The summed E-state index contributed by atoms with van der Waals surface area (Å²) < 4.78 is 5.65. The Hall–Kier alpha value is -0.490. The molecule has 1 aromatic rings. The van der Waals surface area contributed by atoms with Crippen molar-refractivity contribution in [3.63, 3.8) is 0 Å². The first-order valence-corrected chi connectivity index (χ1v) is 7.56. The van der Waals surface area contributed by atoms with Gasteiger partial charge in [-0.1, -0.05) is 6.92 Å². The summed E-state index contributed by atoms with van der Waals surface area (Å²) in [5.74, 6) is 0. The van der Waals surface area contributed by atoms with Crippen molar-refractivity contribution in [2.24, 2.45) is 0 Å². The summed E-state index contributed by atoms with van der Waals surface area (Å²) in [7, 11) is 0. The number of aromatic nitrogens is 1. The zero-order valence-corrected chi connectivity index (χ0v) is 12.3. The highest BCUT2D eigenvalue weighted by Crippen LogP contribution is 2.17. The summed E-state index contributed by atoms with van der Waals surface area (Å²) in [6, 6.07) is 0.486. The van der Waals surface area contributed by atoms with Crippen molar-refractivity contribution in [1.29, 1.82) is 0 Å². The molecule has 0 spiro atoms. The highest BCUT2D eigenvalue weighted by molar-refractivity contribution is 7.09. The highest BCUT2D eigenvalue weighted by Gasteiger charge is 2.23. The van der Waals surface area contributed by atoms with Crippen LogP contribution >= 0.6 is 11.3 Å². The monoisotopic (exact) mass is 269 g/mol. The SMILES string of the molecule is CCNCc1nc(CN2CC(C)OCC2C)cs1. The molecule has 1 aliphatic rings. The summed E-state index contributed by atoms with van der Waals surface area (Å²) in [6.45, 7) is 11.1. The molecule has 2 rings (SSSR count). The first kappa shape index (κ1) is 13.9. The van der Waals surface area contributed by atoms with E-state index in [1.54, 1.807) is 11.3 Å². The first-order chi connectivity index (χ1) is 8.69. The quantitative estimate of drug-likeness (QED) is 0.885. The zero-order valence-electron chi connectivity index (χ0n) is 11.5. The predicted octanol–water partition coefficient (Wildman–Crippen LogP) is 1.86. The minimum Gasteiger partial charge on any atom is -0.376 e. The lowest BCUT2D eigenvalue weighted by molar-refractivity contribution is -0.0530. The number of nitrogens with one attached hydrogen (secondary N) is 1. The van der Waals surface area contributed by atoms with Crippen molar-refractivity contribution in [2.45, 2.75) is 46.0 Å². The Labute approximate surface area is 113 Å². The van der Waals surface area contributed by atoms with Gasteiger partial charge in [0.1, 0.15) is 5.01 Å². The Kier molecular flexibility index (Phi) is 5.12. The maximum absolute atomic E-state index is 5.65. The lowest BCUT2D eigenvalue weighted by atomic mass is 10.2. The van der Waals surface area contributed by atoms with Gasteiger partial charge in [-0.2, -0.15) is 0 Å². The van der Waals surface area contributed by atoms with Gasteiger partial charge in [-0.05, 0) is 20.4 Å². The Balaban J connectivity index is 1.89. The summed E-state index contributed by atoms with van der Waals surface area (Å²) in [5, 5.41) is 6.67. The molecule has 1 aliphatic heterocycles. The van der Waals surface area contributed by atoms with Gasteiger partial charge < -0.3 is 10.1 Å². The van der Waals surface area contributed by atoms with E-state index in [0.29, 0.717) is 12.1 Å². The van der Waals surface area contributed by atoms with Gasteiger partial charge in [0.25, 0.3) is 0 Å². The van der Waals surface area contributed by atoms with Crippen molar-refractivity contribution in [3.8, 4) is 0 Å². The highest BCUT2D eigenvalue weighted by atomic mass is 32.1. The average Bonchev–Trinajstić information content (AvgIpc) is 2.79. The number of hydrogen-bond donors (Lipinski definition) is 1. The molecule has 1 fully saturated rings. The van der Waals surface area contributed by atoms with E-state index in [1.165, 1.54) is 10.7 Å². The van der Waals surface area contributed by atoms with Crippen LogP contribution in [0.2, 0.25) is 0 Å². The minimum absolute atomic E-state index is 0.334. The summed E-state index contributed by atoms with van der Waals surface area (Å²) >= 11 is 1.75. The van der Waals surface area contributed by atoms with Crippen molar-refractivity contribution in [3.05, 3.63) is 16.1 Å². The Morgan fingerprint density at radius 3 is 3.17 bits per heavy atom. The molecule has 0 saturated carbocycles. The maximum atomic E-state index is 5.65. The van der Waals surface area contributed by atoms with Crippen LogP contribution in [0.5, 0.6) is 0 Å². The predicted molar refractivity (Wildman–Crippen MR) is 74.8 cm³/mol. The van der Waals surface area contributed by atoms with Gasteiger partial charge in [0, 0.05) is 31.1 Å². The lowest BCUT2D eigenvalue weighted by Gasteiger charge is -2.36.